The summed E-state index contributed by atoms with van der Waals surface area (Å²) in [4.78, 5) is 14.1. The predicted molar refractivity (Wildman–Crippen MR) is 66.6 cm³/mol. The summed E-state index contributed by atoms with van der Waals surface area (Å²) >= 11 is 0. The zero-order valence-corrected chi connectivity index (χ0v) is 10.9. The van der Waals surface area contributed by atoms with Gasteiger partial charge in [0.25, 0.3) is 0 Å². The smallest absolute Gasteiger partial charge is 0.241 e. The van der Waals surface area contributed by atoms with Gasteiger partial charge in [0, 0.05) is 12.6 Å². The number of hydrogen-bond donors (Lipinski definition) is 1. The Hall–Kier alpha value is -0.610. The molecule has 1 atom stereocenters. The van der Waals surface area contributed by atoms with Crippen molar-refractivity contribution in [3.05, 3.63) is 0 Å². The van der Waals surface area contributed by atoms with Crippen LogP contribution in [0.25, 0.3) is 0 Å². The minimum atomic E-state index is 0.0705. The molecule has 2 aliphatic rings. The summed E-state index contributed by atoms with van der Waals surface area (Å²) in [5.74, 6) is 0.304. The minimum absolute atomic E-state index is 0.0705. The van der Waals surface area contributed by atoms with E-state index in [2.05, 4.69) is 12.2 Å². The van der Waals surface area contributed by atoms with Crippen molar-refractivity contribution in [1.29, 1.82) is 0 Å². The number of carbonyl (C=O) groups is 1. The molecule has 4 nitrogen and oxygen atoms in total. The number of ether oxygens (including phenoxy) is 1. The van der Waals surface area contributed by atoms with Gasteiger partial charge in [0.2, 0.25) is 5.91 Å². The van der Waals surface area contributed by atoms with Crippen LogP contribution in [0.4, 0.5) is 0 Å². The van der Waals surface area contributed by atoms with E-state index in [1.807, 2.05) is 11.8 Å². The van der Waals surface area contributed by atoms with E-state index >= 15 is 0 Å². The predicted octanol–water partition coefficient (Wildman–Crippen LogP) is 1.50. The molecular formula is C13H24N2O2. The molecule has 0 aromatic rings. The molecule has 1 heterocycles. The van der Waals surface area contributed by atoms with Crippen molar-refractivity contribution < 1.29 is 9.53 Å². The Bertz CT molecular complexity index is 264. The minimum Gasteiger partial charge on any atom is -0.378 e. The molecule has 0 radical (unpaired) electrons. The van der Waals surface area contributed by atoms with Gasteiger partial charge < -0.3 is 9.64 Å². The number of nitrogens with one attached hydrogen (secondary N) is 1. The quantitative estimate of drug-likeness (QED) is 0.765. The van der Waals surface area contributed by atoms with Crippen LogP contribution in [0, 0.1) is 0 Å². The van der Waals surface area contributed by atoms with Gasteiger partial charge in [-0.15, -0.1) is 0 Å². The average molecular weight is 240 g/mol. The Morgan fingerprint density at radius 3 is 2.82 bits per heavy atom. The van der Waals surface area contributed by atoms with E-state index in [0.717, 1.165) is 45.4 Å². The van der Waals surface area contributed by atoms with Gasteiger partial charge in [-0.25, -0.2) is 0 Å². The first-order valence-electron chi connectivity index (χ1n) is 6.91. The molecule has 1 amide bonds. The lowest BCUT2D eigenvalue weighted by atomic mass is 9.88. The van der Waals surface area contributed by atoms with Crippen molar-refractivity contribution in [2.24, 2.45) is 0 Å². The second-order valence-electron chi connectivity index (χ2n) is 5.07. The fraction of sp³-hybridized carbons (Fsp3) is 0.923. The highest BCUT2D eigenvalue weighted by Crippen LogP contribution is 2.30. The fourth-order valence-corrected chi connectivity index (χ4v) is 2.68. The van der Waals surface area contributed by atoms with Gasteiger partial charge in [0.05, 0.1) is 18.8 Å². The molecule has 2 fully saturated rings. The van der Waals surface area contributed by atoms with Crippen molar-refractivity contribution in [3.63, 3.8) is 0 Å². The Balaban J connectivity index is 1.75. The zero-order valence-electron chi connectivity index (χ0n) is 10.9. The summed E-state index contributed by atoms with van der Waals surface area (Å²) in [5, 5.41) is 3.32. The molecule has 0 spiro atoms. The molecule has 1 unspecified atom stereocenters. The van der Waals surface area contributed by atoms with E-state index < -0.39 is 0 Å². The summed E-state index contributed by atoms with van der Waals surface area (Å²) in [6, 6.07) is 0.485. The van der Waals surface area contributed by atoms with Gasteiger partial charge in [-0.3, -0.25) is 10.1 Å². The lowest BCUT2D eigenvalue weighted by Crippen LogP contribution is -2.49. The number of rotatable bonds is 6. The van der Waals surface area contributed by atoms with Crippen molar-refractivity contribution in [1.82, 2.24) is 10.2 Å². The molecule has 0 aromatic carbocycles. The maximum Gasteiger partial charge on any atom is 0.241 e. The molecule has 1 saturated heterocycles. The van der Waals surface area contributed by atoms with Crippen LogP contribution in [0.3, 0.4) is 0 Å². The molecule has 1 aliphatic carbocycles. The first kappa shape index (κ1) is 12.8. The largest absolute Gasteiger partial charge is 0.378 e. The van der Waals surface area contributed by atoms with Crippen molar-refractivity contribution >= 4 is 5.91 Å². The first-order chi connectivity index (χ1) is 8.26. The third-order valence-electron chi connectivity index (χ3n) is 3.85. The molecular weight excluding hydrogens is 216 g/mol. The second-order valence-corrected chi connectivity index (χ2v) is 5.07. The molecule has 17 heavy (non-hydrogen) atoms. The summed E-state index contributed by atoms with van der Waals surface area (Å²) in [6.07, 6.45) is 5.68. The van der Waals surface area contributed by atoms with Crippen LogP contribution in [0.15, 0.2) is 0 Å². The van der Waals surface area contributed by atoms with Gasteiger partial charge in [0.15, 0.2) is 0 Å². The normalized spacial score (nSPS) is 32.9. The SMILES string of the molecule is CCCCC1NCN(C2CC(OCC)C2)C1=O. The van der Waals surface area contributed by atoms with Gasteiger partial charge in [0.1, 0.15) is 0 Å². The molecule has 2 rings (SSSR count). The molecule has 1 saturated carbocycles. The van der Waals surface area contributed by atoms with Crippen molar-refractivity contribution in [2.75, 3.05) is 13.3 Å². The van der Waals surface area contributed by atoms with Crippen LogP contribution in [-0.2, 0) is 9.53 Å². The van der Waals surface area contributed by atoms with Gasteiger partial charge in [-0.05, 0) is 26.2 Å². The summed E-state index contributed by atoms with van der Waals surface area (Å²) < 4.78 is 5.54. The third kappa shape index (κ3) is 2.80. The molecule has 4 heteroatoms. The van der Waals surface area contributed by atoms with Gasteiger partial charge >= 0.3 is 0 Å². The Labute approximate surface area is 104 Å². The Morgan fingerprint density at radius 2 is 2.18 bits per heavy atom. The highest BCUT2D eigenvalue weighted by molar-refractivity contribution is 5.84. The maximum absolute atomic E-state index is 12.1. The maximum atomic E-state index is 12.1. The molecule has 0 bridgehead atoms. The zero-order chi connectivity index (χ0) is 12.3. The van der Waals surface area contributed by atoms with Crippen LogP contribution in [0.2, 0.25) is 0 Å². The van der Waals surface area contributed by atoms with Gasteiger partial charge in [-0.2, -0.15) is 0 Å². The van der Waals surface area contributed by atoms with Crippen LogP contribution in [0.1, 0.15) is 46.0 Å². The number of nitrogens with zero attached hydrogens (tertiary/aromatic N) is 1. The van der Waals surface area contributed by atoms with E-state index in [9.17, 15) is 4.79 Å². The fourth-order valence-electron chi connectivity index (χ4n) is 2.68. The second kappa shape index (κ2) is 5.83. The molecule has 1 aliphatic heterocycles. The lowest BCUT2D eigenvalue weighted by Gasteiger charge is -2.40. The first-order valence-corrected chi connectivity index (χ1v) is 6.91. The standard InChI is InChI=1S/C13H24N2O2/c1-3-5-6-12-13(16)15(9-14-12)10-7-11(8-10)17-4-2/h10-12,14H,3-9H2,1-2H3. The molecule has 0 aromatic heterocycles. The van der Waals surface area contributed by atoms with Crippen LogP contribution < -0.4 is 5.32 Å². The van der Waals surface area contributed by atoms with Crippen molar-refractivity contribution in [3.8, 4) is 0 Å². The summed E-state index contributed by atoms with van der Waals surface area (Å²) in [5.41, 5.74) is 0. The van der Waals surface area contributed by atoms with E-state index in [1.165, 1.54) is 0 Å². The average Bonchev–Trinajstić information content (AvgIpc) is 2.62. The molecule has 1 N–H and O–H groups in total. The Morgan fingerprint density at radius 1 is 1.41 bits per heavy atom. The number of carbonyl (C=O) groups excluding carboxylic acids is 1. The van der Waals surface area contributed by atoms with Crippen molar-refractivity contribution in [2.45, 2.75) is 64.1 Å². The monoisotopic (exact) mass is 240 g/mol. The van der Waals surface area contributed by atoms with E-state index in [1.54, 1.807) is 0 Å². The third-order valence-corrected chi connectivity index (χ3v) is 3.85. The van der Waals surface area contributed by atoms with E-state index in [0.29, 0.717) is 18.1 Å². The van der Waals surface area contributed by atoms with E-state index in [4.69, 9.17) is 4.74 Å². The highest BCUT2D eigenvalue weighted by atomic mass is 16.5. The number of hydrogen-bond acceptors (Lipinski definition) is 3. The highest BCUT2D eigenvalue weighted by Gasteiger charge is 2.41. The van der Waals surface area contributed by atoms with Crippen LogP contribution >= 0.6 is 0 Å². The van der Waals surface area contributed by atoms with Crippen LogP contribution in [-0.4, -0.2) is 42.3 Å². The van der Waals surface area contributed by atoms with Crippen LogP contribution in [0.5, 0.6) is 0 Å². The van der Waals surface area contributed by atoms with E-state index in [-0.39, 0.29) is 6.04 Å². The topological polar surface area (TPSA) is 41.6 Å². The summed E-state index contributed by atoms with van der Waals surface area (Å²) in [7, 11) is 0. The summed E-state index contributed by atoms with van der Waals surface area (Å²) in [6.45, 7) is 5.70. The molecule has 98 valence electrons. The Kier molecular flexibility index (Phi) is 4.40. The van der Waals surface area contributed by atoms with Gasteiger partial charge in [-0.1, -0.05) is 19.8 Å². The number of amides is 1. The lowest BCUT2D eigenvalue weighted by molar-refractivity contribution is -0.136. The number of unbranched alkanes of at least 4 members (excludes halogenated alkanes) is 1.